The van der Waals surface area contributed by atoms with Gasteiger partial charge in [-0.2, -0.15) is 0 Å². The number of unbranched alkanes of at least 4 members (excludes halogenated alkanes) is 2. The molecule has 2 aromatic carbocycles. The standard InChI is InChI=1S/C21H34N6O2/c1-28-18-12-14(20(22)23)6-8-16(18)26-10-4-3-5-11-27-17-9-7-15(21(24)25)13-19(17)29-2/h6-9,12-13,20-21,26-27H,3-5,10-11,22-25H2,1-2H3. The van der Waals surface area contributed by atoms with Crippen molar-refractivity contribution >= 4 is 11.4 Å². The highest BCUT2D eigenvalue weighted by atomic mass is 16.5. The summed E-state index contributed by atoms with van der Waals surface area (Å²) in [6.07, 6.45) is 2.16. The van der Waals surface area contributed by atoms with Crippen LogP contribution in [0, 0.1) is 0 Å². The zero-order chi connectivity index (χ0) is 21.2. The first-order valence-corrected chi connectivity index (χ1v) is 9.82. The Balaban J connectivity index is 1.72. The third-order valence-corrected chi connectivity index (χ3v) is 4.71. The van der Waals surface area contributed by atoms with Crippen LogP contribution >= 0.6 is 0 Å². The van der Waals surface area contributed by atoms with Crippen molar-refractivity contribution in [3.05, 3.63) is 47.5 Å². The molecule has 8 heteroatoms. The van der Waals surface area contributed by atoms with Crippen LogP contribution in [-0.4, -0.2) is 27.3 Å². The minimum absolute atomic E-state index is 0.507. The van der Waals surface area contributed by atoms with E-state index in [0.29, 0.717) is 0 Å². The van der Waals surface area contributed by atoms with Gasteiger partial charge >= 0.3 is 0 Å². The molecule has 0 aliphatic rings. The summed E-state index contributed by atoms with van der Waals surface area (Å²) in [6, 6.07) is 11.5. The summed E-state index contributed by atoms with van der Waals surface area (Å²) in [7, 11) is 3.28. The van der Waals surface area contributed by atoms with E-state index in [1.807, 2.05) is 36.4 Å². The molecule has 8 nitrogen and oxygen atoms in total. The molecule has 0 aromatic heterocycles. The summed E-state index contributed by atoms with van der Waals surface area (Å²) in [5, 5.41) is 6.81. The molecule has 2 aromatic rings. The smallest absolute Gasteiger partial charge is 0.142 e. The third-order valence-electron chi connectivity index (χ3n) is 4.71. The van der Waals surface area contributed by atoms with E-state index in [1.54, 1.807) is 14.2 Å². The monoisotopic (exact) mass is 402 g/mol. The molecule has 10 N–H and O–H groups in total. The number of nitrogens with two attached hydrogens (primary N) is 4. The lowest BCUT2D eigenvalue weighted by Crippen LogP contribution is -2.20. The summed E-state index contributed by atoms with van der Waals surface area (Å²) in [4.78, 5) is 0. The Kier molecular flexibility index (Phi) is 9.01. The lowest BCUT2D eigenvalue weighted by atomic mass is 10.1. The molecule has 0 saturated heterocycles. The number of benzene rings is 2. The predicted molar refractivity (Wildman–Crippen MR) is 119 cm³/mol. The highest BCUT2D eigenvalue weighted by molar-refractivity contribution is 5.58. The van der Waals surface area contributed by atoms with Gasteiger partial charge in [-0.25, -0.2) is 0 Å². The summed E-state index contributed by atoms with van der Waals surface area (Å²) in [5.74, 6) is 1.50. The van der Waals surface area contributed by atoms with Gasteiger partial charge in [0.1, 0.15) is 11.5 Å². The van der Waals surface area contributed by atoms with E-state index in [9.17, 15) is 0 Å². The fourth-order valence-electron chi connectivity index (χ4n) is 3.00. The van der Waals surface area contributed by atoms with Crippen molar-refractivity contribution in [3.63, 3.8) is 0 Å². The average molecular weight is 403 g/mol. The van der Waals surface area contributed by atoms with E-state index in [-0.39, 0.29) is 0 Å². The molecule has 2 rings (SSSR count). The van der Waals surface area contributed by atoms with E-state index in [1.165, 1.54) is 0 Å². The molecule has 0 unspecified atom stereocenters. The van der Waals surface area contributed by atoms with Crippen LogP contribution in [0.4, 0.5) is 11.4 Å². The summed E-state index contributed by atoms with van der Waals surface area (Å²) in [6.45, 7) is 1.72. The Morgan fingerprint density at radius 3 is 1.45 bits per heavy atom. The van der Waals surface area contributed by atoms with E-state index in [2.05, 4.69) is 10.6 Å². The van der Waals surface area contributed by atoms with Crippen LogP contribution in [0.1, 0.15) is 42.7 Å². The van der Waals surface area contributed by atoms with Crippen LogP contribution in [0.15, 0.2) is 36.4 Å². The zero-order valence-electron chi connectivity index (χ0n) is 17.3. The molecule has 0 bridgehead atoms. The molecule has 0 aliphatic carbocycles. The Morgan fingerprint density at radius 2 is 1.10 bits per heavy atom. The molecule has 0 fully saturated rings. The first-order valence-electron chi connectivity index (χ1n) is 9.82. The van der Waals surface area contributed by atoms with Crippen molar-refractivity contribution in [1.29, 1.82) is 0 Å². The number of nitrogens with one attached hydrogen (secondary N) is 2. The second-order valence-corrected chi connectivity index (χ2v) is 6.89. The molecular weight excluding hydrogens is 368 g/mol. The van der Waals surface area contributed by atoms with Gasteiger partial charge in [-0.05, 0) is 54.7 Å². The Labute approximate surface area is 172 Å². The van der Waals surface area contributed by atoms with Gasteiger partial charge in [0, 0.05) is 13.1 Å². The number of ether oxygens (including phenoxy) is 2. The molecule has 0 radical (unpaired) electrons. The SMILES string of the molecule is COc1cc(C(N)N)ccc1NCCCCCNc1ccc(C(N)N)cc1OC. The number of methoxy groups -OCH3 is 2. The second-order valence-electron chi connectivity index (χ2n) is 6.89. The summed E-state index contributed by atoms with van der Waals surface area (Å²) in [5.41, 5.74) is 26.4. The minimum atomic E-state index is -0.507. The zero-order valence-corrected chi connectivity index (χ0v) is 17.3. The van der Waals surface area contributed by atoms with Crippen LogP contribution in [0.25, 0.3) is 0 Å². The highest BCUT2D eigenvalue weighted by Gasteiger charge is 2.08. The molecule has 0 aliphatic heterocycles. The van der Waals surface area contributed by atoms with E-state index in [4.69, 9.17) is 32.4 Å². The van der Waals surface area contributed by atoms with Crippen LogP contribution in [0.2, 0.25) is 0 Å². The molecule has 0 atom stereocenters. The minimum Gasteiger partial charge on any atom is -0.495 e. The average Bonchev–Trinajstić information content (AvgIpc) is 2.72. The van der Waals surface area contributed by atoms with Crippen molar-refractivity contribution in [3.8, 4) is 11.5 Å². The van der Waals surface area contributed by atoms with Crippen molar-refractivity contribution in [2.75, 3.05) is 37.9 Å². The van der Waals surface area contributed by atoms with E-state index in [0.717, 1.165) is 66.4 Å². The Bertz CT molecular complexity index is 703. The van der Waals surface area contributed by atoms with Crippen molar-refractivity contribution in [1.82, 2.24) is 0 Å². The Morgan fingerprint density at radius 1 is 0.690 bits per heavy atom. The molecule has 0 spiro atoms. The molecular formula is C21H34N6O2. The third kappa shape index (κ3) is 6.79. The van der Waals surface area contributed by atoms with Crippen molar-refractivity contribution < 1.29 is 9.47 Å². The van der Waals surface area contributed by atoms with Gasteiger partial charge in [0.2, 0.25) is 0 Å². The largest absolute Gasteiger partial charge is 0.495 e. The quantitative estimate of drug-likeness (QED) is 0.234. The highest BCUT2D eigenvalue weighted by Crippen LogP contribution is 2.28. The number of anilines is 2. The van der Waals surface area contributed by atoms with Crippen LogP contribution in [0.3, 0.4) is 0 Å². The lowest BCUT2D eigenvalue weighted by Gasteiger charge is -2.15. The van der Waals surface area contributed by atoms with Crippen molar-refractivity contribution in [2.24, 2.45) is 22.9 Å². The molecule has 29 heavy (non-hydrogen) atoms. The predicted octanol–water partition coefficient (Wildman–Crippen LogP) is 2.23. The second kappa shape index (κ2) is 11.5. The molecule has 160 valence electrons. The van der Waals surface area contributed by atoms with E-state index < -0.39 is 12.3 Å². The van der Waals surface area contributed by atoms with Crippen LogP contribution in [0.5, 0.6) is 11.5 Å². The van der Waals surface area contributed by atoms with Gasteiger partial charge in [0.05, 0.1) is 37.9 Å². The van der Waals surface area contributed by atoms with Crippen molar-refractivity contribution in [2.45, 2.75) is 31.6 Å². The summed E-state index contributed by atoms with van der Waals surface area (Å²) < 4.78 is 10.8. The fourth-order valence-corrected chi connectivity index (χ4v) is 3.00. The lowest BCUT2D eigenvalue weighted by molar-refractivity contribution is 0.415. The Hall–Kier alpha value is -2.52. The normalized spacial score (nSPS) is 11.0. The summed E-state index contributed by atoms with van der Waals surface area (Å²) >= 11 is 0. The van der Waals surface area contributed by atoms with Gasteiger partial charge in [-0.1, -0.05) is 12.1 Å². The number of hydrogen-bond acceptors (Lipinski definition) is 8. The molecule has 0 amide bonds. The topological polar surface area (TPSA) is 147 Å². The van der Waals surface area contributed by atoms with Gasteiger partial charge in [0.25, 0.3) is 0 Å². The molecule has 0 saturated carbocycles. The first-order chi connectivity index (χ1) is 14.0. The maximum absolute atomic E-state index is 5.71. The van der Waals surface area contributed by atoms with Gasteiger partial charge in [0.15, 0.2) is 0 Å². The van der Waals surface area contributed by atoms with Gasteiger partial charge in [-0.3, -0.25) is 0 Å². The van der Waals surface area contributed by atoms with Crippen LogP contribution in [-0.2, 0) is 0 Å². The van der Waals surface area contributed by atoms with Gasteiger partial charge < -0.3 is 43.0 Å². The fraction of sp³-hybridized carbons (Fsp3) is 0.429. The van der Waals surface area contributed by atoms with E-state index >= 15 is 0 Å². The maximum Gasteiger partial charge on any atom is 0.142 e. The maximum atomic E-state index is 5.71. The number of rotatable bonds is 12. The first kappa shape index (κ1) is 22.8. The van der Waals surface area contributed by atoms with Gasteiger partial charge in [-0.15, -0.1) is 0 Å². The number of hydrogen-bond donors (Lipinski definition) is 6. The van der Waals surface area contributed by atoms with Crippen LogP contribution < -0.4 is 43.0 Å². The molecule has 0 heterocycles.